The van der Waals surface area contributed by atoms with Gasteiger partial charge in [-0.15, -0.1) is 0 Å². The molecule has 0 aliphatic carbocycles. The van der Waals surface area contributed by atoms with E-state index in [1.165, 1.54) is 30.3 Å². The van der Waals surface area contributed by atoms with E-state index in [0.29, 0.717) is 17.5 Å². The first-order valence-electron chi connectivity index (χ1n) is 7.23. The first-order chi connectivity index (χ1) is 11.0. The highest BCUT2D eigenvalue weighted by Crippen LogP contribution is 2.22. The number of carbonyl (C=O) groups is 2. The molecule has 23 heavy (non-hydrogen) atoms. The zero-order valence-electron chi connectivity index (χ0n) is 12.7. The van der Waals surface area contributed by atoms with Crippen molar-refractivity contribution < 1.29 is 23.8 Å². The summed E-state index contributed by atoms with van der Waals surface area (Å²) in [6.45, 7) is 1.76. The van der Waals surface area contributed by atoms with Crippen LogP contribution in [0.2, 0.25) is 0 Å². The summed E-state index contributed by atoms with van der Waals surface area (Å²) in [7, 11) is 0. The second-order valence-electron chi connectivity index (χ2n) is 5.14. The van der Waals surface area contributed by atoms with Crippen molar-refractivity contribution in [1.82, 2.24) is 0 Å². The zero-order chi connectivity index (χ0) is 16.8. The minimum absolute atomic E-state index is 0.0686. The smallest absolute Gasteiger partial charge is 0.341 e. The number of ether oxygens (including phenoxy) is 1. The van der Waals surface area contributed by atoms with Gasteiger partial charge in [0.15, 0.2) is 5.78 Å². The first kappa shape index (κ1) is 16.7. The van der Waals surface area contributed by atoms with Gasteiger partial charge in [0.1, 0.15) is 17.1 Å². The van der Waals surface area contributed by atoms with Gasteiger partial charge < -0.3 is 9.84 Å². The van der Waals surface area contributed by atoms with Crippen molar-refractivity contribution in [2.24, 2.45) is 0 Å². The lowest BCUT2D eigenvalue weighted by molar-refractivity contribution is 0.0490. The van der Waals surface area contributed by atoms with Gasteiger partial charge in [-0.05, 0) is 49.2 Å². The molecule has 2 aromatic rings. The Balaban J connectivity index is 1.81. The van der Waals surface area contributed by atoms with Crippen LogP contribution in [0.25, 0.3) is 0 Å². The second kappa shape index (κ2) is 7.54. The van der Waals surface area contributed by atoms with Crippen LogP contribution in [0.4, 0.5) is 4.39 Å². The fourth-order valence-electron chi connectivity index (χ4n) is 2.08. The van der Waals surface area contributed by atoms with E-state index in [4.69, 9.17) is 4.74 Å². The Hall–Kier alpha value is -2.69. The Morgan fingerprint density at radius 2 is 1.83 bits per heavy atom. The summed E-state index contributed by atoms with van der Waals surface area (Å²) in [6, 6.07) is 10.1. The van der Waals surface area contributed by atoms with E-state index in [9.17, 15) is 19.1 Å². The fourth-order valence-corrected chi connectivity index (χ4v) is 2.08. The summed E-state index contributed by atoms with van der Waals surface area (Å²) in [5, 5.41) is 9.80. The number of para-hydroxylation sites is 1. The lowest BCUT2D eigenvalue weighted by Crippen LogP contribution is -2.09. The number of hydrogen-bond donors (Lipinski definition) is 1. The summed E-state index contributed by atoms with van der Waals surface area (Å²) in [5.41, 5.74) is 1.12. The topological polar surface area (TPSA) is 63.6 Å². The zero-order valence-corrected chi connectivity index (χ0v) is 12.7. The molecule has 0 aromatic heterocycles. The molecule has 0 amide bonds. The van der Waals surface area contributed by atoms with Crippen molar-refractivity contribution in [3.8, 4) is 5.75 Å². The molecule has 0 aliphatic rings. The van der Waals surface area contributed by atoms with E-state index in [1.807, 2.05) is 0 Å². The maximum Gasteiger partial charge on any atom is 0.341 e. The number of ketones is 1. The number of aromatic hydroxyl groups is 1. The summed E-state index contributed by atoms with van der Waals surface area (Å²) in [4.78, 5) is 23.7. The highest BCUT2D eigenvalue weighted by atomic mass is 19.1. The van der Waals surface area contributed by atoms with E-state index in [2.05, 4.69) is 0 Å². The van der Waals surface area contributed by atoms with E-state index < -0.39 is 11.8 Å². The lowest BCUT2D eigenvalue weighted by Gasteiger charge is -2.07. The molecule has 120 valence electrons. The van der Waals surface area contributed by atoms with Crippen LogP contribution in [-0.2, 0) is 4.74 Å². The molecule has 0 spiro atoms. The molecule has 0 aliphatic heterocycles. The Bertz CT molecular complexity index is 707. The van der Waals surface area contributed by atoms with Gasteiger partial charge in [-0.3, -0.25) is 4.79 Å². The number of phenolic OH excluding ortho intramolecular Hbond substituents is 1. The van der Waals surface area contributed by atoms with Gasteiger partial charge in [-0.2, -0.15) is 0 Å². The third-order valence-electron chi connectivity index (χ3n) is 3.41. The number of esters is 1. The average Bonchev–Trinajstić information content (AvgIpc) is 2.54. The van der Waals surface area contributed by atoms with E-state index in [0.717, 1.165) is 0 Å². The number of phenols is 1. The number of hydrogen-bond acceptors (Lipinski definition) is 4. The Kier molecular flexibility index (Phi) is 5.46. The maximum absolute atomic E-state index is 12.8. The van der Waals surface area contributed by atoms with Gasteiger partial charge in [0.25, 0.3) is 0 Å². The molecule has 0 atom stereocenters. The molecule has 0 saturated carbocycles. The predicted molar refractivity (Wildman–Crippen MR) is 83.1 cm³/mol. The summed E-state index contributed by atoms with van der Waals surface area (Å²) in [5.74, 6) is -1.26. The first-order valence-corrected chi connectivity index (χ1v) is 7.23. The van der Waals surface area contributed by atoms with Crippen LogP contribution in [0, 0.1) is 12.7 Å². The summed E-state index contributed by atoms with van der Waals surface area (Å²) < 4.78 is 17.8. The van der Waals surface area contributed by atoms with Gasteiger partial charge in [-0.1, -0.05) is 12.1 Å². The average molecular weight is 316 g/mol. The fraction of sp³-hybridized carbons (Fsp3) is 0.222. The van der Waals surface area contributed by atoms with Gasteiger partial charge in [-0.25, -0.2) is 9.18 Å². The van der Waals surface area contributed by atoms with Crippen molar-refractivity contribution in [2.45, 2.75) is 19.8 Å². The Labute approximate surface area is 133 Å². The number of benzene rings is 2. The normalized spacial score (nSPS) is 10.3. The van der Waals surface area contributed by atoms with Gasteiger partial charge in [0.2, 0.25) is 0 Å². The van der Waals surface area contributed by atoms with Crippen LogP contribution in [0.3, 0.4) is 0 Å². The maximum atomic E-state index is 12.8. The largest absolute Gasteiger partial charge is 0.507 e. The molecule has 0 fully saturated rings. The second-order valence-corrected chi connectivity index (χ2v) is 5.14. The Morgan fingerprint density at radius 3 is 2.52 bits per heavy atom. The van der Waals surface area contributed by atoms with Crippen molar-refractivity contribution in [1.29, 1.82) is 0 Å². The van der Waals surface area contributed by atoms with Crippen LogP contribution < -0.4 is 0 Å². The standard InChI is InChI=1S/C18H17FO4/c1-12-4-2-5-15(17(12)21)18(22)23-11-3-6-16(20)13-7-9-14(19)10-8-13/h2,4-5,7-10,21H,3,6,11H2,1H3. The van der Waals surface area contributed by atoms with Crippen molar-refractivity contribution in [3.05, 3.63) is 65.0 Å². The van der Waals surface area contributed by atoms with Crippen molar-refractivity contribution >= 4 is 11.8 Å². The SMILES string of the molecule is Cc1cccc(C(=O)OCCCC(=O)c2ccc(F)cc2)c1O. The Morgan fingerprint density at radius 1 is 1.13 bits per heavy atom. The molecule has 2 rings (SSSR count). The molecular weight excluding hydrogens is 299 g/mol. The summed E-state index contributed by atoms with van der Waals surface area (Å²) in [6.07, 6.45) is 0.549. The van der Waals surface area contributed by atoms with E-state index in [-0.39, 0.29) is 30.1 Å². The van der Waals surface area contributed by atoms with Crippen molar-refractivity contribution in [3.63, 3.8) is 0 Å². The molecular formula is C18H17FO4. The lowest BCUT2D eigenvalue weighted by atomic mass is 10.1. The van der Waals surface area contributed by atoms with Crippen LogP contribution in [-0.4, -0.2) is 23.5 Å². The third-order valence-corrected chi connectivity index (χ3v) is 3.41. The third kappa shape index (κ3) is 4.39. The number of rotatable bonds is 6. The molecule has 0 unspecified atom stereocenters. The van der Waals surface area contributed by atoms with Crippen molar-refractivity contribution in [2.75, 3.05) is 6.61 Å². The van der Waals surface area contributed by atoms with Gasteiger partial charge in [0, 0.05) is 12.0 Å². The van der Waals surface area contributed by atoms with Crippen LogP contribution >= 0.6 is 0 Å². The molecule has 0 radical (unpaired) electrons. The molecule has 0 saturated heterocycles. The van der Waals surface area contributed by atoms with Gasteiger partial charge >= 0.3 is 5.97 Å². The predicted octanol–water partition coefficient (Wildman–Crippen LogP) is 3.66. The van der Waals surface area contributed by atoms with Crippen LogP contribution in [0.1, 0.15) is 39.1 Å². The highest BCUT2D eigenvalue weighted by Gasteiger charge is 2.14. The number of halogens is 1. The minimum Gasteiger partial charge on any atom is -0.507 e. The minimum atomic E-state index is -0.625. The molecule has 2 aromatic carbocycles. The molecule has 0 bridgehead atoms. The molecule has 5 heteroatoms. The molecule has 1 N–H and O–H groups in total. The van der Waals surface area contributed by atoms with E-state index >= 15 is 0 Å². The summed E-state index contributed by atoms with van der Waals surface area (Å²) >= 11 is 0. The monoisotopic (exact) mass is 316 g/mol. The quantitative estimate of drug-likeness (QED) is 0.502. The number of aryl methyl sites for hydroxylation is 1. The number of Topliss-reactive ketones (excluding diaryl/α,β-unsaturated/α-hetero) is 1. The van der Waals surface area contributed by atoms with Crippen LogP contribution in [0.5, 0.6) is 5.75 Å². The molecule has 4 nitrogen and oxygen atoms in total. The highest BCUT2D eigenvalue weighted by molar-refractivity contribution is 5.96. The number of carbonyl (C=O) groups excluding carboxylic acids is 2. The van der Waals surface area contributed by atoms with E-state index in [1.54, 1.807) is 19.1 Å². The van der Waals surface area contributed by atoms with Gasteiger partial charge in [0.05, 0.1) is 6.61 Å². The van der Waals surface area contributed by atoms with Crippen LogP contribution in [0.15, 0.2) is 42.5 Å². The molecule has 0 heterocycles.